The minimum atomic E-state index is -0.404. The van der Waals surface area contributed by atoms with E-state index >= 15 is 0 Å². The van der Waals surface area contributed by atoms with Crippen LogP contribution in [-0.2, 0) is 10.2 Å². The van der Waals surface area contributed by atoms with Crippen LogP contribution >= 0.6 is 11.6 Å². The largest absolute Gasteiger partial charge is 0.310 e. The van der Waals surface area contributed by atoms with Crippen LogP contribution in [-0.4, -0.2) is 15.9 Å². The monoisotopic (exact) mass is 273 g/mol. The van der Waals surface area contributed by atoms with Gasteiger partial charge in [-0.2, -0.15) is 0 Å². The lowest BCUT2D eigenvalue weighted by Gasteiger charge is -2.15. The number of anilines is 1. The summed E-state index contributed by atoms with van der Waals surface area (Å²) in [5.74, 6) is 0.403. The summed E-state index contributed by atoms with van der Waals surface area (Å²) in [7, 11) is 0. The quantitative estimate of drug-likeness (QED) is 0.875. The Kier molecular flexibility index (Phi) is 2.95. The van der Waals surface area contributed by atoms with Crippen LogP contribution < -0.4 is 5.32 Å². The number of amides is 1. The lowest BCUT2D eigenvalue weighted by atomic mass is 9.95. The van der Waals surface area contributed by atoms with Crippen molar-refractivity contribution in [3.8, 4) is 0 Å². The van der Waals surface area contributed by atoms with Crippen LogP contribution in [0.3, 0.4) is 0 Å². The standard InChI is InChI=1S/C14H12ClN3O/c15-13-16-9-6-11(18-13)17-12(19)14(7-8-14)10-4-2-1-3-5-10/h1-6,9H,7-8H2,(H,16,17,18,19). The summed E-state index contributed by atoms with van der Waals surface area (Å²) >= 11 is 5.70. The minimum absolute atomic E-state index is 0.0338. The van der Waals surface area contributed by atoms with Gasteiger partial charge in [-0.15, -0.1) is 0 Å². The Labute approximate surface area is 115 Å². The van der Waals surface area contributed by atoms with Crippen molar-refractivity contribution < 1.29 is 4.79 Å². The van der Waals surface area contributed by atoms with Gasteiger partial charge in [0, 0.05) is 6.20 Å². The van der Waals surface area contributed by atoms with Gasteiger partial charge in [-0.05, 0) is 36.1 Å². The summed E-state index contributed by atoms with van der Waals surface area (Å²) in [6, 6.07) is 11.4. The highest BCUT2D eigenvalue weighted by atomic mass is 35.5. The van der Waals surface area contributed by atoms with Crippen LogP contribution in [0.15, 0.2) is 42.6 Å². The molecule has 1 aromatic carbocycles. The van der Waals surface area contributed by atoms with Crippen LogP contribution in [0.2, 0.25) is 5.28 Å². The van der Waals surface area contributed by atoms with Crippen LogP contribution in [0.4, 0.5) is 5.82 Å². The van der Waals surface area contributed by atoms with Crippen molar-refractivity contribution >= 4 is 23.3 Å². The van der Waals surface area contributed by atoms with E-state index in [2.05, 4.69) is 15.3 Å². The van der Waals surface area contributed by atoms with Gasteiger partial charge in [0.05, 0.1) is 5.41 Å². The molecule has 19 heavy (non-hydrogen) atoms. The van der Waals surface area contributed by atoms with Crippen LogP contribution in [0, 0.1) is 0 Å². The molecule has 1 heterocycles. The number of carbonyl (C=O) groups is 1. The molecule has 96 valence electrons. The first-order chi connectivity index (χ1) is 9.21. The molecule has 4 nitrogen and oxygen atoms in total. The second kappa shape index (κ2) is 4.63. The Hall–Kier alpha value is -1.94. The van der Waals surface area contributed by atoms with Gasteiger partial charge in [0.1, 0.15) is 5.82 Å². The molecule has 0 bridgehead atoms. The van der Waals surface area contributed by atoms with Crippen molar-refractivity contribution in [2.45, 2.75) is 18.3 Å². The highest BCUT2D eigenvalue weighted by molar-refractivity contribution is 6.28. The summed E-state index contributed by atoms with van der Waals surface area (Å²) in [6.07, 6.45) is 3.25. The predicted octanol–water partition coefficient (Wildman–Crippen LogP) is 2.80. The Morgan fingerprint density at radius 1 is 1.21 bits per heavy atom. The van der Waals surface area contributed by atoms with E-state index in [9.17, 15) is 4.79 Å². The molecule has 0 atom stereocenters. The maximum Gasteiger partial charge on any atom is 0.236 e. The second-order valence-electron chi connectivity index (χ2n) is 4.61. The molecule has 1 aliphatic rings. The highest BCUT2D eigenvalue weighted by Gasteiger charge is 2.51. The van der Waals surface area contributed by atoms with E-state index in [1.54, 1.807) is 6.07 Å². The second-order valence-corrected chi connectivity index (χ2v) is 4.95. The third-order valence-electron chi connectivity index (χ3n) is 3.38. The number of benzene rings is 1. The number of hydrogen-bond acceptors (Lipinski definition) is 3. The fourth-order valence-electron chi connectivity index (χ4n) is 2.17. The Morgan fingerprint density at radius 3 is 2.58 bits per heavy atom. The van der Waals surface area contributed by atoms with E-state index in [0.29, 0.717) is 5.82 Å². The first-order valence-electron chi connectivity index (χ1n) is 6.06. The fourth-order valence-corrected chi connectivity index (χ4v) is 2.32. The number of nitrogens with zero attached hydrogens (tertiary/aromatic N) is 2. The first kappa shape index (κ1) is 12.1. The number of halogens is 1. The average Bonchev–Trinajstić information content (AvgIpc) is 3.21. The summed E-state index contributed by atoms with van der Waals surface area (Å²) in [5.41, 5.74) is 0.645. The van der Waals surface area contributed by atoms with E-state index in [1.165, 1.54) is 6.20 Å². The Morgan fingerprint density at radius 2 is 1.95 bits per heavy atom. The molecule has 1 N–H and O–H groups in total. The van der Waals surface area contributed by atoms with Crippen molar-refractivity contribution in [2.75, 3.05) is 5.32 Å². The van der Waals surface area contributed by atoms with Crippen molar-refractivity contribution in [2.24, 2.45) is 0 Å². The maximum atomic E-state index is 12.4. The molecule has 0 spiro atoms. The van der Waals surface area contributed by atoms with E-state index in [0.717, 1.165) is 18.4 Å². The molecular weight excluding hydrogens is 262 g/mol. The normalized spacial score (nSPS) is 15.8. The van der Waals surface area contributed by atoms with Gasteiger partial charge in [-0.25, -0.2) is 9.97 Å². The number of aromatic nitrogens is 2. The number of nitrogens with one attached hydrogen (secondary N) is 1. The van der Waals surface area contributed by atoms with Crippen molar-refractivity contribution in [3.05, 3.63) is 53.4 Å². The zero-order valence-corrected chi connectivity index (χ0v) is 10.9. The molecular formula is C14H12ClN3O. The Bertz CT molecular complexity index is 611. The van der Waals surface area contributed by atoms with E-state index in [1.807, 2.05) is 30.3 Å². The van der Waals surface area contributed by atoms with Crippen LogP contribution in [0.5, 0.6) is 0 Å². The van der Waals surface area contributed by atoms with Crippen molar-refractivity contribution in [3.63, 3.8) is 0 Å². The number of hydrogen-bond donors (Lipinski definition) is 1. The molecule has 1 fully saturated rings. The number of carbonyl (C=O) groups excluding carboxylic acids is 1. The fraction of sp³-hybridized carbons (Fsp3) is 0.214. The maximum absolute atomic E-state index is 12.4. The van der Waals surface area contributed by atoms with E-state index in [-0.39, 0.29) is 11.2 Å². The van der Waals surface area contributed by atoms with Gasteiger partial charge >= 0.3 is 0 Å². The van der Waals surface area contributed by atoms with Crippen LogP contribution in [0.25, 0.3) is 0 Å². The third kappa shape index (κ3) is 2.31. The summed E-state index contributed by atoms with van der Waals surface area (Å²) < 4.78 is 0. The van der Waals surface area contributed by atoms with E-state index in [4.69, 9.17) is 11.6 Å². The molecule has 2 aromatic rings. The van der Waals surface area contributed by atoms with Crippen molar-refractivity contribution in [1.82, 2.24) is 9.97 Å². The molecule has 1 amide bonds. The average molecular weight is 274 g/mol. The van der Waals surface area contributed by atoms with Gasteiger partial charge in [0.25, 0.3) is 0 Å². The topological polar surface area (TPSA) is 54.9 Å². The molecule has 0 aliphatic heterocycles. The SMILES string of the molecule is O=C(Nc1ccnc(Cl)n1)C1(c2ccccc2)CC1. The molecule has 1 aliphatic carbocycles. The van der Waals surface area contributed by atoms with Crippen molar-refractivity contribution in [1.29, 1.82) is 0 Å². The molecule has 0 saturated heterocycles. The van der Waals surface area contributed by atoms with Gasteiger partial charge in [0.2, 0.25) is 11.2 Å². The zero-order chi connectivity index (χ0) is 13.3. The smallest absolute Gasteiger partial charge is 0.236 e. The van der Waals surface area contributed by atoms with Crippen LogP contribution in [0.1, 0.15) is 18.4 Å². The third-order valence-corrected chi connectivity index (χ3v) is 3.56. The predicted molar refractivity (Wildman–Crippen MR) is 73.0 cm³/mol. The van der Waals surface area contributed by atoms with E-state index < -0.39 is 5.41 Å². The molecule has 0 unspecified atom stereocenters. The lowest BCUT2D eigenvalue weighted by Crippen LogP contribution is -2.28. The summed E-state index contributed by atoms with van der Waals surface area (Å²) in [5, 5.41) is 2.94. The first-order valence-corrected chi connectivity index (χ1v) is 6.44. The molecule has 5 heteroatoms. The lowest BCUT2D eigenvalue weighted by molar-refractivity contribution is -0.118. The molecule has 0 radical (unpaired) electrons. The highest BCUT2D eigenvalue weighted by Crippen LogP contribution is 2.48. The van der Waals surface area contributed by atoms with Gasteiger partial charge in [0.15, 0.2) is 0 Å². The minimum Gasteiger partial charge on any atom is -0.310 e. The van der Waals surface area contributed by atoms with Gasteiger partial charge < -0.3 is 5.32 Å². The number of rotatable bonds is 3. The van der Waals surface area contributed by atoms with Gasteiger partial charge in [-0.1, -0.05) is 30.3 Å². The molecule has 3 rings (SSSR count). The Balaban J connectivity index is 1.82. The van der Waals surface area contributed by atoms with Gasteiger partial charge in [-0.3, -0.25) is 4.79 Å². The summed E-state index contributed by atoms with van der Waals surface area (Å²) in [4.78, 5) is 20.2. The summed E-state index contributed by atoms with van der Waals surface area (Å²) in [6.45, 7) is 0. The molecule has 1 aromatic heterocycles. The zero-order valence-electron chi connectivity index (χ0n) is 10.1. The molecule has 1 saturated carbocycles.